The number of hydrogen-bond donors (Lipinski definition) is 2. The minimum atomic E-state index is -0.487. The molecule has 1 aliphatic carbocycles. The largest absolute Gasteiger partial charge is 0.492 e. The highest BCUT2D eigenvalue weighted by molar-refractivity contribution is 5.94. The first-order valence-electron chi connectivity index (χ1n) is 12.9. The normalized spacial score (nSPS) is 24.7. The number of aromatic nitrogens is 2. The Morgan fingerprint density at radius 2 is 1.91 bits per heavy atom. The number of carbonyl (C=O) groups excluding carboxylic acids is 1. The molecule has 0 bridgehead atoms. The van der Waals surface area contributed by atoms with Gasteiger partial charge in [0.25, 0.3) is 0 Å². The minimum absolute atomic E-state index is 0.146. The van der Waals surface area contributed by atoms with Crippen molar-refractivity contribution >= 4 is 23.4 Å². The lowest BCUT2D eigenvalue weighted by molar-refractivity contribution is -0.123. The van der Waals surface area contributed by atoms with Gasteiger partial charge in [-0.3, -0.25) is 9.69 Å². The zero-order valence-corrected chi connectivity index (χ0v) is 19.8. The van der Waals surface area contributed by atoms with Gasteiger partial charge < -0.3 is 20.3 Å². The Labute approximate surface area is 201 Å². The highest BCUT2D eigenvalue weighted by Crippen LogP contribution is 2.46. The molecule has 4 aliphatic rings. The van der Waals surface area contributed by atoms with Crippen molar-refractivity contribution in [1.82, 2.24) is 20.2 Å². The summed E-state index contributed by atoms with van der Waals surface area (Å²) in [7, 11) is 0. The van der Waals surface area contributed by atoms with E-state index >= 15 is 0 Å². The second kappa shape index (κ2) is 9.06. The van der Waals surface area contributed by atoms with Gasteiger partial charge in [0.15, 0.2) is 0 Å². The summed E-state index contributed by atoms with van der Waals surface area (Å²) in [5, 5.41) is 6.42. The van der Waals surface area contributed by atoms with E-state index < -0.39 is 5.54 Å². The number of carbonyl (C=O) groups is 1. The summed E-state index contributed by atoms with van der Waals surface area (Å²) in [6, 6.07) is 8.36. The molecule has 3 aliphatic heterocycles. The molecule has 6 rings (SSSR count). The second-order valence-corrected chi connectivity index (χ2v) is 10.1. The highest BCUT2D eigenvalue weighted by atomic mass is 16.5. The van der Waals surface area contributed by atoms with Crippen LogP contribution in [0, 0.1) is 0 Å². The maximum absolute atomic E-state index is 13.0. The number of nitrogens with one attached hydrogen (secondary N) is 2. The van der Waals surface area contributed by atoms with Crippen LogP contribution in [0.15, 0.2) is 30.5 Å². The molecule has 1 saturated carbocycles. The third-order valence-corrected chi connectivity index (χ3v) is 7.94. The zero-order valence-electron chi connectivity index (χ0n) is 19.8. The van der Waals surface area contributed by atoms with Gasteiger partial charge in [-0.05, 0) is 69.5 Å². The molecule has 1 amide bonds. The van der Waals surface area contributed by atoms with Gasteiger partial charge >= 0.3 is 0 Å². The monoisotopic (exact) mass is 462 g/mol. The fourth-order valence-corrected chi connectivity index (χ4v) is 6.20. The van der Waals surface area contributed by atoms with E-state index in [4.69, 9.17) is 9.72 Å². The molecule has 1 aromatic carbocycles. The molecule has 1 spiro atoms. The van der Waals surface area contributed by atoms with Gasteiger partial charge in [0.2, 0.25) is 11.9 Å². The van der Waals surface area contributed by atoms with Crippen LogP contribution in [0.2, 0.25) is 0 Å². The van der Waals surface area contributed by atoms with Crippen LogP contribution in [0.3, 0.4) is 0 Å². The third-order valence-electron chi connectivity index (χ3n) is 7.94. The maximum Gasteiger partial charge on any atom is 0.246 e. The summed E-state index contributed by atoms with van der Waals surface area (Å²) in [5.74, 6) is 2.52. The molecule has 1 aromatic heterocycles. The highest BCUT2D eigenvalue weighted by Gasteiger charge is 2.55. The number of fused-ring (bicyclic) bond motifs is 1. The summed E-state index contributed by atoms with van der Waals surface area (Å²) >= 11 is 0. The van der Waals surface area contributed by atoms with E-state index in [1.54, 1.807) is 0 Å². The average molecular weight is 463 g/mol. The Balaban J connectivity index is 1.15. The number of likely N-dealkylation sites (tertiary alicyclic amines) is 1. The van der Waals surface area contributed by atoms with Crippen LogP contribution in [-0.2, 0) is 11.2 Å². The Hall–Kier alpha value is -2.87. The van der Waals surface area contributed by atoms with E-state index in [1.807, 2.05) is 30.5 Å². The summed E-state index contributed by atoms with van der Waals surface area (Å²) in [5.41, 5.74) is 1.51. The average Bonchev–Trinajstić information content (AvgIpc) is 3.64. The summed E-state index contributed by atoms with van der Waals surface area (Å²) in [4.78, 5) is 27.3. The van der Waals surface area contributed by atoms with Gasteiger partial charge in [0.1, 0.15) is 23.7 Å². The van der Waals surface area contributed by atoms with E-state index in [9.17, 15) is 4.79 Å². The molecule has 0 radical (unpaired) electrons. The van der Waals surface area contributed by atoms with Crippen LogP contribution in [-0.4, -0.2) is 65.1 Å². The molecule has 8 nitrogen and oxygen atoms in total. The molecular formula is C26H34N6O2. The number of benzene rings is 1. The van der Waals surface area contributed by atoms with Gasteiger partial charge in [-0.2, -0.15) is 4.98 Å². The fourth-order valence-electron chi connectivity index (χ4n) is 6.20. The van der Waals surface area contributed by atoms with Crippen LogP contribution in [0.5, 0.6) is 5.75 Å². The smallest absolute Gasteiger partial charge is 0.246 e. The molecule has 180 valence electrons. The lowest BCUT2D eigenvalue weighted by Crippen LogP contribution is -2.56. The Morgan fingerprint density at radius 1 is 1.12 bits per heavy atom. The van der Waals surface area contributed by atoms with E-state index in [1.165, 1.54) is 38.8 Å². The van der Waals surface area contributed by atoms with Crippen molar-refractivity contribution in [2.45, 2.75) is 62.9 Å². The molecule has 1 atom stereocenters. The van der Waals surface area contributed by atoms with Crippen molar-refractivity contribution in [2.24, 2.45) is 0 Å². The number of nitrogens with zero attached hydrogens (tertiary/aromatic N) is 4. The van der Waals surface area contributed by atoms with Gasteiger partial charge in [-0.25, -0.2) is 4.98 Å². The van der Waals surface area contributed by atoms with Crippen LogP contribution in [0.1, 0.15) is 50.5 Å². The van der Waals surface area contributed by atoms with Gasteiger partial charge in [0.05, 0.1) is 0 Å². The van der Waals surface area contributed by atoms with Crippen molar-refractivity contribution in [3.63, 3.8) is 0 Å². The third kappa shape index (κ3) is 3.98. The predicted octanol–water partition coefficient (Wildman–Crippen LogP) is 3.26. The van der Waals surface area contributed by atoms with Crippen LogP contribution in [0.25, 0.3) is 0 Å². The number of amides is 1. The van der Waals surface area contributed by atoms with Crippen molar-refractivity contribution in [3.05, 3.63) is 36.0 Å². The molecule has 3 fully saturated rings. The first-order valence-corrected chi connectivity index (χ1v) is 12.9. The first-order chi connectivity index (χ1) is 16.7. The number of ether oxygens (including phenoxy) is 1. The Morgan fingerprint density at radius 3 is 2.65 bits per heavy atom. The molecule has 2 aromatic rings. The Kier molecular flexibility index (Phi) is 5.77. The van der Waals surface area contributed by atoms with Gasteiger partial charge in [0, 0.05) is 43.0 Å². The molecule has 2 saturated heterocycles. The lowest BCUT2D eigenvalue weighted by Gasteiger charge is -2.38. The summed E-state index contributed by atoms with van der Waals surface area (Å²) < 4.78 is 5.92. The van der Waals surface area contributed by atoms with Crippen molar-refractivity contribution < 1.29 is 9.53 Å². The maximum atomic E-state index is 13.0. The molecule has 34 heavy (non-hydrogen) atoms. The second-order valence-electron chi connectivity index (χ2n) is 10.1. The topological polar surface area (TPSA) is 82.6 Å². The van der Waals surface area contributed by atoms with E-state index in [-0.39, 0.29) is 5.91 Å². The van der Waals surface area contributed by atoms with Crippen molar-refractivity contribution in [3.8, 4) is 5.75 Å². The number of rotatable bonds is 7. The lowest BCUT2D eigenvalue weighted by atomic mass is 9.91. The van der Waals surface area contributed by atoms with Crippen molar-refractivity contribution in [2.75, 3.05) is 43.0 Å². The molecule has 2 N–H and O–H groups in total. The van der Waals surface area contributed by atoms with Crippen LogP contribution in [0.4, 0.5) is 17.5 Å². The van der Waals surface area contributed by atoms with Crippen LogP contribution < -0.4 is 20.3 Å². The first kappa shape index (κ1) is 21.6. The van der Waals surface area contributed by atoms with Crippen LogP contribution >= 0.6 is 0 Å². The zero-order chi connectivity index (χ0) is 23.0. The number of hydrogen-bond acceptors (Lipinski definition) is 7. The van der Waals surface area contributed by atoms with Gasteiger partial charge in [-0.1, -0.05) is 12.8 Å². The van der Waals surface area contributed by atoms with Crippen molar-refractivity contribution in [1.29, 1.82) is 0 Å². The van der Waals surface area contributed by atoms with E-state index in [0.29, 0.717) is 25.0 Å². The summed E-state index contributed by atoms with van der Waals surface area (Å²) in [6.45, 7) is 4.82. The standard InChI is InChI=1S/C26H34N6O2/c33-24-26(11-12-27-24)17-19-18-28-25(30-23(19)32(26)21-5-1-2-6-21)29-20-7-9-22(10-8-20)34-16-15-31-13-3-4-14-31/h7-10,18,21H,1-6,11-17H2,(H,27,33)(H,28,29,30)/t26-/m1/s1. The van der Waals surface area contributed by atoms with E-state index in [0.717, 1.165) is 55.2 Å². The predicted molar refractivity (Wildman–Crippen MR) is 132 cm³/mol. The quantitative estimate of drug-likeness (QED) is 0.654. The van der Waals surface area contributed by atoms with E-state index in [2.05, 4.69) is 25.4 Å². The summed E-state index contributed by atoms with van der Waals surface area (Å²) in [6.07, 6.45) is 10.7. The molecule has 8 heteroatoms. The SMILES string of the molecule is O=C1NCC[C@@]12Cc1cnc(Nc3ccc(OCCN4CCCC4)cc3)nc1N2C1CCCC1. The molecule has 4 heterocycles. The van der Waals surface area contributed by atoms with Gasteiger partial charge in [-0.15, -0.1) is 0 Å². The molecular weight excluding hydrogens is 428 g/mol. The minimum Gasteiger partial charge on any atom is -0.492 e. The molecule has 0 unspecified atom stereocenters. The Bertz CT molecular complexity index is 1030. The number of anilines is 3. The fraction of sp³-hybridized carbons (Fsp3) is 0.577.